The van der Waals surface area contributed by atoms with Crippen molar-refractivity contribution in [3.63, 3.8) is 0 Å². The fraction of sp³-hybridized carbons (Fsp3) is 0.455. The highest BCUT2D eigenvalue weighted by Gasteiger charge is 2.24. The molecule has 0 amide bonds. The van der Waals surface area contributed by atoms with Gasteiger partial charge in [0.15, 0.2) is 0 Å². The number of hydrogen-bond donors (Lipinski definition) is 1. The largest absolute Gasteiger partial charge is 0.366 e. The molecule has 2 aliphatic rings. The molecule has 0 aromatic heterocycles. The summed E-state index contributed by atoms with van der Waals surface area (Å²) < 4.78 is 0. The van der Waals surface area contributed by atoms with E-state index in [0.29, 0.717) is 6.54 Å². The van der Waals surface area contributed by atoms with E-state index in [2.05, 4.69) is 23.6 Å². The van der Waals surface area contributed by atoms with Crippen LogP contribution in [0.15, 0.2) is 35.6 Å². The predicted octanol–water partition coefficient (Wildman–Crippen LogP) is 1.42. The van der Waals surface area contributed by atoms with Gasteiger partial charge in [-0.2, -0.15) is 0 Å². The van der Waals surface area contributed by atoms with E-state index in [9.17, 15) is 0 Å². The van der Waals surface area contributed by atoms with Crippen LogP contribution in [-0.2, 0) is 0 Å². The van der Waals surface area contributed by atoms with Gasteiger partial charge in [-0.15, -0.1) is 0 Å². The SMILES string of the molecule is C=C1C2=CCCC=C2CN1CCN. The minimum Gasteiger partial charge on any atom is -0.366 e. The Morgan fingerprint density at radius 1 is 1.38 bits per heavy atom. The van der Waals surface area contributed by atoms with Gasteiger partial charge in [-0.3, -0.25) is 0 Å². The quantitative estimate of drug-likeness (QED) is 0.689. The Morgan fingerprint density at radius 2 is 2.15 bits per heavy atom. The molecule has 1 aliphatic heterocycles. The van der Waals surface area contributed by atoms with Crippen molar-refractivity contribution < 1.29 is 0 Å². The molecule has 2 heteroatoms. The van der Waals surface area contributed by atoms with Crippen LogP contribution in [-0.4, -0.2) is 24.5 Å². The minimum absolute atomic E-state index is 0.708. The van der Waals surface area contributed by atoms with Crippen molar-refractivity contribution in [2.45, 2.75) is 12.8 Å². The van der Waals surface area contributed by atoms with Crippen molar-refractivity contribution in [3.8, 4) is 0 Å². The molecule has 0 unspecified atom stereocenters. The molecule has 2 nitrogen and oxygen atoms in total. The van der Waals surface area contributed by atoms with Crippen molar-refractivity contribution in [1.29, 1.82) is 0 Å². The first-order valence-corrected chi connectivity index (χ1v) is 4.87. The third kappa shape index (κ3) is 1.42. The van der Waals surface area contributed by atoms with E-state index >= 15 is 0 Å². The number of nitrogens with two attached hydrogens (primary N) is 1. The average Bonchev–Trinajstić information content (AvgIpc) is 2.46. The first-order chi connectivity index (χ1) is 6.33. The second-order valence-electron chi connectivity index (χ2n) is 3.58. The molecule has 1 fully saturated rings. The summed E-state index contributed by atoms with van der Waals surface area (Å²) in [6.07, 6.45) is 6.97. The van der Waals surface area contributed by atoms with Gasteiger partial charge in [0.05, 0.1) is 0 Å². The van der Waals surface area contributed by atoms with Crippen molar-refractivity contribution in [2.75, 3.05) is 19.6 Å². The summed E-state index contributed by atoms with van der Waals surface area (Å²) in [5.41, 5.74) is 9.51. The maximum Gasteiger partial charge on any atom is 0.0433 e. The third-order valence-corrected chi connectivity index (χ3v) is 2.70. The lowest BCUT2D eigenvalue weighted by Gasteiger charge is -2.16. The lowest BCUT2D eigenvalue weighted by molar-refractivity contribution is 0.420. The summed E-state index contributed by atoms with van der Waals surface area (Å²) in [5.74, 6) is 0. The Hall–Kier alpha value is -1.02. The summed E-state index contributed by atoms with van der Waals surface area (Å²) in [4.78, 5) is 2.27. The maximum absolute atomic E-state index is 5.54. The molecule has 1 saturated heterocycles. The smallest absolute Gasteiger partial charge is 0.0433 e. The van der Waals surface area contributed by atoms with Gasteiger partial charge in [0.25, 0.3) is 0 Å². The molecule has 70 valence electrons. The van der Waals surface area contributed by atoms with Gasteiger partial charge >= 0.3 is 0 Å². The van der Waals surface area contributed by atoms with Crippen LogP contribution < -0.4 is 5.73 Å². The lowest BCUT2D eigenvalue weighted by Crippen LogP contribution is -2.25. The maximum atomic E-state index is 5.54. The van der Waals surface area contributed by atoms with Crippen LogP contribution in [0.5, 0.6) is 0 Å². The number of fused-ring (bicyclic) bond motifs is 1. The summed E-state index contributed by atoms with van der Waals surface area (Å²) in [7, 11) is 0. The molecule has 0 aromatic carbocycles. The van der Waals surface area contributed by atoms with Gasteiger partial charge in [0.1, 0.15) is 0 Å². The summed E-state index contributed by atoms with van der Waals surface area (Å²) >= 11 is 0. The van der Waals surface area contributed by atoms with E-state index in [1.807, 2.05) is 0 Å². The molecule has 2 N–H and O–H groups in total. The van der Waals surface area contributed by atoms with Crippen LogP contribution in [0.4, 0.5) is 0 Å². The van der Waals surface area contributed by atoms with Gasteiger partial charge in [-0.05, 0) is 24.0 Å². The Labute approximate surface area is 79.4 Å². The summed E-state index contributed by atoms with van der Waals surface area (Å²) in [5, 5.41) is 0. The molecule has 0 aromatic rings. The molecular formula is C11H16N2. The van der Waals surface area contributed by atoms with Gasteiger partial charge < -0.3 is 10.6 Å². The number of nitrogens with zero attached hydrogens (tertiary/aromatic N) is 1. The Morgan fingerprint density at radius 3 is 2.85 bits per heavy atom. The van der Waals surface area contributed by atoms with Gasteiger partial charge in [-0.25, -0.2) is 0 Å². The number of allylic oxidation sites excluding steroid dienone is 3. The first kappa shape index (κ1) is 8.57. The Kier molecular flexibility index (Phi) is 2.23. The average molecular weight is 176 g/mol. The van der Waals surface area contributed by atoms with Crippen LogP contribution in [0.2, 0.25) is 0 Å². The zero-order valence-corrected chi connectivity index (χ0v) is 7.92. The predicted molar refractivity (Wildman–Crippen MR) is 55.2 cm³/mol. The minimum atomic E-state index is 0.708. The van der Waals surface area contributed by atoms with E-state index in [1.165, 1.54) is 17.6 Å². The lowest BCUT2D eigenvalue weighted by atomic mass is 10.00. The van der Waals surface area contributed by atoms with E-state index in [-0.39, 0.29) is 0 Å². The number of rotatable bonds is 2. The molecular weight excluding hydrogens is 160 g/mol. The molecule has 0 atom stereocenters. The van der Waals surface area contributed by atoms with Crippen molar-refractivity contribution in [3.05, 3.63) is 35.6 Å². The molecule has 0 saturated carbocycles. The fourth-order valence-electron chi connectivity index (χ4n) is 2.02. The molecule has 2 rings (SSSR count). The highest BCUT2D eigenvalue weighted by Crippen LogP contribution is 2.33. The highest BCUT2D eigenvalue weighted by atomic mass is 15.2. The topological polar surface area (TPSA) is 29.3 Å². The molecule has 0 spiro atoms. The van der Waals surface area contributed by atoms with E-state index in [0.717, 1.165) is 25.2 Å². The van der Waals surface area contributed by atoms with Gasteiger partial charge in [0.2, 0.25) is 0 Å². The Balaban J connectivity index is 2.19. The molecule has 1 heterocycles. The standard InChI is InChI=1S/C11H16N2/c1-9-11-5-3-2-4-10(11)8-13(9)7-6-12/h4-5H,1-3,6-8,12H2. The third-order valence-electron chi connectivity index (χ3n) is 2.70. The number of hydrogen-bond acceptors (Lipinski definition) is 2. The van der Waals surface area contributed by atoms with Crippen LogP contribution in [0.1, 0.15) is 12.8 Å². The molecule has 1 aliphatic carbocycles. The fourth-order valence-corrected chi connectivity index (χ4v) is 2.02. The summed E-state index contributed by atoms with van der Waals surface area (Å²) in [6, 6.07) is 0. The van der Waals surface area contributed by atoms with Crippen LogP contribution in [0.25, 0.3) is 0 Å². The first-order valence-electron chi connectivity index (χ1n) is 4.87. The van der Waals surface area contributed by atoms with Crippen LogP contribution >= 0.6 is 0 Å². The summed E-state index contributed by atoms with van der Waals surface area (Å²) in [6.45, 7) is 6.75. The second kappa shape index (κ2) is 3.38. The van der Waals surface area contributed by atoms with Crippen molar-refractivity contribution in [2.24, 2.45) is 5.73 Å². The highest BCUT2D eigenvalue weighted by molar-refractivity contribution is 5.52. The van der Waals surface area contributed by atoms with E-state index in [4.69, 9.17) is 5.73 Å². The van der Waals surface area contributed by atoms with Gasteiger partial charge in [-0.1, -0.05) is 18.7 Å². The molecule has 0 radical (unpaired) electrons. The van der Waals surface area contributed by atoms with Crippen molar-refractivity contribution in [1.82, 2.24) is 4.90 Å². The second-order valence-corrected chi connectivity index (χ2v) is 3.58. The van der Waals surface area contributed by atoms with E-state index < -0.39 is 0 Å². The van der Waals surface area contributed by atoms with Crippen LogP contribution in [0.3, 0.4) is 0 Å². The normalized spacial score (nSPS) is 21.3. The van der Waals surface area contributed by atoms with Crippen LogP contribution in [0, 0.1) is 0 Å². The van der Waals surface area contributed by atoms with Crippen molar-refractivity contribution >= 4 is 0 Å². The monoisotopic (exact) mass is 176 g/mol. The zero-order valence-electron chi connectivity index (χ0n) is 7.92. The molecule has 0 bridgehead atoms. The van der Waals surface area contributed by atoms with Gasteiger partial charge in [0, 0.05) is 25.3 Å². The zero-order chi connectivity index (χ0) is 9.26. The molecule has 13 heavy (non-hydrogen) atoms. The van der Waals surface area contributed by atoms with E-state index in [1.54, 1.807) is 0 Å². The number of likely N-dealkylation sites (tertiary alicyclic amines) is 1. The Bertz CT molecular complexity index is 286.